The van der Waals surface area contributed by atoms with E-state index in [1.807, 2.05) is 0 Å². The van der Waals surface area contributed by atoms with Crippen molar-refractivity contribution in [3.05, 3.63) is 0 Å². The summed E-state index contributed by atoms with van der Waals surface area (Å²) in [6.45, 7) is 11.0. The van der Waals surface area contributed by atoms with Gasteiger partial charge in [-0.05, 0) is 64.1 Å². The van der Waals surface area contributed by atoms with Crippen molar-refractivity contribution in [2.24, 2.45) is 5.92 Å². The molecule has 118 valence electrons. The van der Waals surface area contributed by atoms with Crippen LogP contribution in [-0.2, 0) is 0 Å². The van der Waals surface area contributed by atoms with Crippen LogP contribution in [0, 0.1) is 5.92 Å². The largest absolute Gasteiger partial charge is 0.312 e. The fourth-order valence-electron chi connectivity index (χ4n) is 4.49. The van der Waals surface area contributed by atoms with Crippen LogP contribution in [-0.4, -0.2) is 36.1 Å². The van der Waals surface area contributed by atoms with E-state index in [1.54, 1.807) is 0 Å². The van der Waals surface area contributed by atoms with Gasteiger partial charge in [-0.3, -0.25) is 4.90 Å². The lowest BCUT2D eigenvalue weighted by atomic mass is 9.80. The SMILES string of the molecule is CCCNC(CC(C)C)C1(N2CCCCC2)CCCC1. The summed E-state index contributed by atoms with van der Waals surface area (Å²) in [6.07, 6.45) is 12.6. The summed E-state index contributed by atoms with van der Waals surface area (Å²) < 4.78 is 0. The molecule has 1 atom stereocenters. The molecule has 0 amide bonds. The average molecular weight is 280 g/mol. The minimum atomic E-state index is 0.486. The summed E-state index contributed by atoms with van der Waals surface area (Å²) in [7, 11) is 0. The molecule has 2 rings (SSSR count). The summed E-state index contributed by atoms with van der Waals surface area (Å²) in [5, 5.41) is 3.94. The molecule has 1 saturated heterocycles. The van der Waals surface area contributed by atoms with E-state index < -0.39 is 0 Å². The van der Waals surface area contributed by atoms with Gasteiger partial charge in [0.2, 0.25) is 0 Å². The molecular formula is C18H36N2. The molecule has 1 saturated carbocycles. The predicted molar refractivity (Wildman–Crippen MR) is 88.2 cm³/mol. The third-order valence-electron chi connectivity index (χ3n) is 5.45. The Labute approximate surface area is 126 Å². The molecule has 2 nitrogen and oxygen atoms in total. The molecule has 0 spiro atoms. The van der Waals surface area contributed by atoms with Crippen molar-refractivity contribution in [2.75, 3.05) is 19.6 Å². The highest BCUT2D eigenvalue weighted by molar-refractivity contribution is 5.04. The Morgan fingerprint density at radius 1 is 1.00 bits per heavy atom. The molecule has 1 N–H and O–H groups in total. The van der Waals surface area contributed by atoms with Crippen molar-refractivity contribution >= 4 is 0 Å². The molecule has 1 aliphatic heterocycles. The number of rotatable bonds is 7. The van der Waals surface area contributed by atoms with Crippen molar-refractivity contribution in [1.82, 2.24) is 10.2 Å². The van der Waals surface area contributed by atoms with Crippen LogP contribution in [0.4, 0.5) is 0 Å². The number of nitrogens with zero attached hydrogens (tertiary/aromatic N) is 1. The Balaban J connectivity index is 2.12. The van der Waals surface area contributed by atoms with Crippen LogP contribution in [0.5, 0.6) is 0 Å². The van der Waals surface area contributed by atoms with E-state index in [1.165, 1.54) is 77.4 Å². The van der Waals surface area contributed by atoms with Gasteiger partial charge in [0, 0.05) is 11.6 Å². The fraction of sp³-hybridized carbons (Fsp3) is 1.00. The van der Waals surface area contributed by atoms with Gasteiger partial charge < -0.3 is 5.32 Å². The van der Waals surface area contributed by atoms with Crippen molar-refractivity contribution in [1.29, 1.82) is 0 Å². The Kier molecular flexibility index (Phi) is 6.35. The monoisotopic (exact) mass is 280 g/mol. The molecule has 2 fully saturated rings. The number of hydrogen-bond donors (Lipinski definition) is 1. The van der Waals surface area contributed by atoms with Gasteiger partial charge in [-0.1, -0.05) is 40.0 Å². The van der Waals surface area contributed by atoms with Gasteiger partial charge in [0.05, 0.1) is 0 Å². The molecule has 20 heavy (non-hydrogen) atoms. The van der Waals surface area contributed by atoms with Crippen molar-refractivity contribution in [3.8, 4) is 0 Å². The van der Waals surface area contributed by atoms with Gasteiger partial charge in [0.1, 0.15) is 0 Å². The second kappa shape index (κ2) is 7.79. The number of nitrogens with one attached hydrogen (secondary N) is 1. The van der Waals surface area contributed by atoms with Gasteiger partial charge >= 0.3 is 0 Å². The van der Waals surface area contributed by atoms with E-state index in [4.69, 9.17) is 0 Å². The van der Waals surface area contributed by atoms with E-state index in [2.05, 4.69) is 31.0 Å². The minimum Gasteiger partial charge on any atom is -0.312 e. The molecule has 1 aliphatic carbocycles. The summed E-state index contributed by atoms with van der Waals surface area (Å²) in [5.41, 5.74) is 0.486. The smallest absolute Gasteiger partial charge is 0.0362 e. The first kappa shape index (κ1) is 16.3. The number of likely N-dealkylation sites (tertiary alicyclic amines) is 1. The zero-order valence-corrected chi connectivity index (χ0v) is 14.1. The average Bonchev–Trinajstić information content (AvgIpc) is 2.95. The van der Waals surface area contributed by atoms with Gasteiger partial charge in [-0.15, -0.1) is 0 Å². The number of piperidine rings is 1. The van der Waals surface area contributed by atoms with E-state index in [-0.39, 0.29) is 0 Å². The van der Waals surface area contributed by atoms with Crippen LogP contribution in [0.15, 0.2) is 0 Å². The molecule has 0 bridgehead atoms. The van der Waals surface area contributed by atoms with Crippen LogP contribution in [0.25, 0.3) is 0 Å². The van der Waals surface area contributed by atoms with Crippen LogP contribution < -0.4 is 5.32 Å². The van der Waals surface area contributed by atoms with Crippen LogP contribution in [0.2, 0.25) is 0 Å². The van der Waals surface area contributed by atoms with Crippen molar-refractivity contribution < 1.29 is 0 Å². The summed E-state index contributed by atoms with van der Waals surface area (Å²) >= 11 is 0. The maximum absolute atomic E-state index is 3.94. The third kappa shape index (κ3) is 3.76. The molecule has 2 heteroatoms. The maximum Gasteiger partial charge on any atom is 0.0362 e. The second-order valence-corrected chi connectivity index (χ2v) is 7.49. The number of hydrogen-bond acceptors (Lipinski definition) is 2. The highest BCUT2D eigenvalue weighted by Crippen LogP contribution is 2.41. The quantitative estimate of drug-likeness (QED) is 0.752. The van der Waals surface area contributed by atoms with Gasteiger partial charge in [0.25, 0.3) is 0 Å². The normalized spacial score (nSPS) is 25.2. The maximum atomic E-state index is 3.94. The van der Waals surface area contributed by atoms with E-state index in [0.717, 1.165) is 5.92 Å². The van der Waals surface area contributed by atoms with Crippen LogP contribution in [0.3, 0.4) is 0 Å². The molecule has 0 aromatic rings. The highest BCUT2D eigenvalue weighted by Gasteiger charge is 2.45. The Hall–Kier alpha value is -0.0800. The fourth-order valence-corrected chi connectivity index (χ4v) is 4.49. The molecule has 0 aromatic heterocycles. The lowest BCUT2D eigenvalue weighted by molar-refractivity contribution is 0.0302. The van der Waals surface area contributed by atoms with E-state index in [0.29, 0.717) is 11.6 Å². The van der Waals surface area contributed by atoms with Crippen LogP contribution >= 0.6 is 0 Å². The third-order valence-corrected chi connectivity index (χ3v) is 5.45. The predicted octanol–water partition coefficient (Wildman–Crippen LogP) is 4.20. The molecule has 2 aliphatic rings. The standard InChI is InChI=1S/C18H36N2/c1-4-12-19-17(15-16(2)3)18(10-6-7-11-18)20-13-8-5-9-14-20/h16-17,19H,4-15H2,1-3H3. The molecular weight excluding hydrogens is 244 g/mol. The molecule has 0 aromatic carbocycles. The first-order valence-electron chi connectivity index (χ1n) is 9.17. The minimum absolute atomic E-state index is 0.486. The molecule has 0 radical (unpaired) electrons. The van der Waals surface area contributed by atoms with Gasteiger partial charge in [-0.2, -0.15) is 0 Å². The first-order valence-corrected chi connectivity index (χ1v) is 9.17. The Morgan fingerprint density at radius 2 is 1.65 bits per heavy atom. The van der Waals surface area contributed by atoms with E-state index in [9.17, 15) is 0 Å². The molecule has 1 heterocycles. The summed E-state index contributed by atoms with van der Waals surface area (Å²) in [6, 6.07) is 0.711. The second-order valence-electron chi connectivity index (χ2n) is 7.49. The first-order chi connectivity index (χ1) is 9.69. The zero-order valence-electron chi connectivity index (χ0n) is 14.1. The lowest BCUT2D eigenvalue weighted by Crippen LogP contribution is -2.61. The summed E-state index contributed by atoms with van der Waals surface area (Å²) in [4.78, 5) is 2.89. The zero-order chi connectivity index (χ0) is 14.4. The van der Waals surface area contributed by atoms with Crippen molar-refractivity contribution in [2.45, 2.75) is 90.1 Å². The molecule has 1 unspecified atom stereocenters. The van der Waals surface area contributed by atoms with E-state index >= 15 is 0 Å². The Morgan fingerprint density at radius 3 is 2.20 bits per heavy atom. The Bertz CT molecular complexity index is 263. The highest BCUT2D eigenvalue weighted by atomic mass is 15.2. The summed E-state index contributed by atoms with van der Waals surface area (Å²) in [5.74, 6) is 0.798. The van der Waals surface area contributed by atoms with Crippen LogP contribution in [0.1, 0.15) is 78.6 Å². The van der Waals surface area contributed by atoms with Gasteiger partial charge in [0.15, 0.2) is 0 Å². The van der Waals surface area contributed by atoms with Gasteiger partial charge in [-0.25, -0.2) is 0 Å². The van der Waals surface area contributed by atoms with Crippen molar-refractivity contribution in [3.63, 3.8) is 0 Å². The lowest BCUT2D eigenvalue weighted by Gasteiger charge is -2.49. The topological polar surface area (TPSA) is 15.3 Å².